The van der Waals surface area contributed by atoms with Crippen molar-refractivity contribution in [2.24, 2.45) is 0 Å². The number of aryl methyl sites for hydroxylation is 1. The standard InChI is InChI=1S/C24H32ClN5O/c1-17-4-9-21-22(17)23(27-16-26-21)29-12-14-30(15-13-29)24(31)20(10-11-28(2)3)18-5-7-19(25)8-6-18/h5-8,16-17,20H,4,9-15H2,1-3H3/t17-,20-/m1/s1. The molecule has 166 valence electrons. The maximum absolute atomic E-state index is 13.5. The Morgan fingerprint density at radius 1 is 1.16 bits per heavy atom. The fourth-order valence-corrected chi connectivity index (χ4v) is 4.88. The summed E-state index contributed by atoms with van der Waals surface area (Å²) in [7, 11) is 4.09. The summed E-state index contributed by atoms with van der Waals surface area (Å²) < 4.78 is 0. The highest BCUT2D eigenvalue weighted by molar-refractivity contribution is 6.30. The van der Waals surface area contributed by atoms with Gasteiger partial charge < -0.3 is 14.7 Å². The molecular formula is C24H32ClN5O. The Bertz CT molecular complexity index is 909. The van der Waals surface area contributed by atoms with Crippen LogP contribution in [0, 0.1) is 0 Å². The first-order chi connectivity index (χ1) is 14.9. The van der Waals surface area contributed by atoms with Crippen molar-refractivity contribution in [2.75, 3.05) is 51.7 Å². The molecule has 6 nitrogen and oxygen atoms in total. The number of rotatable bonds is 6. The number of anilines is 1. The highest BCUT2D eigenvalue weighted by atomic mass is 35.5. The summed E-state index contributed by atoms with van der Waals surface area (Å²) in [4.78, 5) is 29.1. The quantitative estimate of drug-likeness (QED) is 0.686. The van der Waals surface area contributed by atoms with Gasteiger partial charge in [-0.1, -0.05) is 30.7 Å². The van der Waals surface area contributed by atoms with E-state index in [9.17, 15) is 4.79 Å². The molecule has 1 fully saturated rings. The van der Waals surface area contributed by atoms with Crippen molar-refractivity contribution in [2.45, 2.75) is 38.0 Å². The number of aromatic nitrogens is 2. The second-order valence-electron chi connectivity index (χ2n) is 9.01. The van der Waals surface area contributed by atoms with E-state index in [4.69, 9.17) is 11.6 Å². The van der Waals surface area contributed by atoms with Gasteiger partial charge in [0.15, 0.2) is 0 Å². The monoisotopic (exact) mass is 441 g/mol. The predicted octanol–water partition coefficient (Wildman–Crippen LogP) is 3.56. The molecule has 7 heteroatoms. The van der Waals surface area contributed by atoms with Crippen LogP contribution in [0.4, 0.5) is 5.82 Å². The van der Waals surface area contributed by atoms with Gasteiger partial charge in [0.2, 0.25) is 5.91 Å². The van der Waals surface area contributed by atoms with Crippen LogP contribution in [0.3, 0.4) is 0 Å². The van der Waals surface area contributed by atoms with Gasteiger partial charge in [-0.25, -0.2) is 9.97 Å². The molecule has 0 spiro atoms. The topological polar surface area (TPSA) is 52.6 Å². The molecule has 1 aliphatic heterocycles. The van der Waals surface area contributed by atoms with Gasteiger partial charge in [0, 0.05) is 42.5 Å². The van der Waals surface area contributed by atoms with Crippen LogP contribution in [0.15, 0.2) is 30.6 Å². The van der Waals surface area contributed by atoms with Gasteiger partial charge in [-0.2, -0.15) is 0 Å². The van der Waals surface area contributed by atoms with E-state index in [0.717, 1.165) is 63.4 Å². The minimum atomic E-state index is -0.144. The van der Waals surface area contributed by atoms with E-state index < -0.39 is 0 Å². The van der Waals surface area contributed by atoms with Crippen LogP contribution in [0.25, 0.3) is 0 Å². The van der Waals surface area contributed by atoms with E-state index in [0.29, 0.717) is 10.9 Å². The number of hydrogen-bond donors (Lipinski definition) is 0. The van der Waals surface area contributed by atoms with Crippen molar-refractivity contribution in [3.8, 4) is 0 Å². The zero-order valence-electron chi connectivity index (χ0n) is 18.7. The number of halogens is 1. The highest BCUT2D eigenvalue weighted by Gasteiger charge is 2.32. The zero-order valence-corrected chi connectivity index (χ0v) is 19.5. The van der Waals surface area contributed by atoms with Gasteiger partial charge in [0.25, 0.3) is 0 Å². The third-order valence-corrected chi connectivity index (χ3v) is 6.83. The highest BCUT2D eigenvalue weighted by Crippen LogP contribution is 2.37. The molecule has 1 amide bonds. The molecule has 31 heavy (non-hydrogen) atoms. The maximum Gasteiger partial charge on any atom is 0.230 e. The number of piperazine rings is 1. The lowest BCUT2D eigenvalue weighted by Gasteiger charge is -2.38. The minimum absolute atomic E-state index is 0.144. The van der Waals surface area contributed by atoms with Gasteiger partial charge >= 0.3 is 0 Å². The summed E-state index contributed by atoms with van der Waals surface area (Å²) in [6.07, 6.45) is 4.68. The van der Waals surface area contributed by atoms with E-state index in [2.05, 4.69) is 26.7 Å². The van der Waals surface area contributed by atoms with Gasteiger partial charge in [0.05, 0.1) is 5.92 Å². The summed E-state index contributed by atoms with van der Waals surface area (Å²) in [5, 5.41) is 0.697. The van der Waals surface area contributed by atoms with Crippen LogP contribution in [0.2, 0.25) is 5.02 Å². The molecule has 0 bridgehead atoms. The SMILES string of the molecule is C[C@@H]1CCc2ncnc(N3CCN(C(=O)[C@H](CCN(C)C)c4ccc(Cl)cc4)CC3)c21. The third kappa shape index (κ3) is 4.85. The van der Waals surface area contributed by atoms with Crippen LogP contribution >= 0.6 is 11.6 Å². The van der Waals surface area contributed by atoms with E-state index in [1.54, 1.807) is 6.33 Å². The lowest BCUT2D eigenvalue weighted by atomic mass is 9.93. The van der Waals surface area contributed by atoms with Crippen molar-refractivity contribution in [3.63, 3.8) is 0 Å². The molecule has 2 heterocycles. The lowest BCUT2D eigenvalue weighted by molar-refractivity contribution is -0.133. The van der Waals surface area contributed by atoms with Crippen LogP contribution < -0.4 is 4.90 Å². The summed E-state index contributed by atoms with van der Waals surface area (Å²) in [5.41, 5.74) is 3.55. The van der Waals surface area contributed by atoms with Gasteiger partial charge in [-0.05, 0) is 63.5 Å². The molecule has 0 saturated carbocycles. The second-order valence-corrected chi connectivity index (χ2v) is 9.44. The largest absolute Gasteiger partial charge is 0.353 e. The Balaban J connectivity index is 1.46. The summed E-state index contributed by atoms with van der Waals surface area (Å²) >= 11 is 6.08. The molecule has 2 aliphatic rings. The Morgan fingerprint density at radius 3 is 2.55 bits per heavy atom. The zero-order chi connectivity index (χ0) is 22.0. The fourth-order valence-electron chi connectivity index (χ4n) is 4.75. The number of hydrogen-bond acceptors (Lipinski definition) is 5. The normalized spacial score (nSPS) is 19.6. The molecule has 0 N–H and O–H groups in total. The van der Waals surface area contributed by atoms with Crippen LogP contribution in [0.1, 0.15) is 48.4 Å². The molecule has 4 rings (SSSR count). The van der Waals surface area contributed by atoms with E-state index in [1.165, 1.54) is 11.3 Å². The summed E-state index contributed by atoms with van der Waals surface area (Å²) in [6.45, 7) is 6.19. The first-order valence-electron chi connectivity index (χ1n) is 11.2. The average Bonchev–Trinajstić information content (AvgIpc) is 3.16. The van der Waals surface area contributed by atoms with Crippen LogP contribution in [-0.2, 0) is 11.2 Å². The third-order valence-electron chi connectivity index (χ3n) is 6.58. The number of carbonyl (C=O) groups excluding carboxylic acids is 1. The molecule has 0 radical (unpaired) electrons. The number of fused-ring (bicyclic) bond motifs is 1. The molecular weight excluding hydrogens is 410 g/mol. The second kappa shape index (κ2) is 9.53. The van der Waals surface area contributed by atoms with Crippen LogP contribution in [0.5, 0.6) is 0 Å². The molecule has 0 unspecified atom stereocenters. The summed E-state index contributed by atoms with van der Waals surface area (Å²) in [6, 6.07) is 7.73. The number of amides is 1. The molecule has 2 aromatic rings. The molecule has 1 aromatic carbocycles. The Morgan fingerprint density at radius 2 is 1.87 bits per heavy atom. The average molecular weight is 442 g/mol. The maximum atomic E-state index is 13.5. The first kappa shape index (κ1) is 22.0. The molecule has 1 aromatic heterocycles. The van der Waals surface area contributed by atoms with E-state index >= 15 is 0 Å². The number of benzene rings is 1. The van der Waals surface area contributed by atoms with Crippen molar-refractivity contribution in [1.29, 1.82) is 0 Å². The smallest absolute Gasteiger partial charge is 0.230 e. The first-order valence-corrected chi connectivity index (χ1v) is 11.6. The molecule has 2 atom stereocenters. The molecule has 1 saturated heterocycles. The Kier molecular flexibility index (Phi) is 6.77. The van der Waals surface area contributed by atoms with Crippen molar-refractivity contribution in [1.82, 2.24) is 19.8 Å². The van der Waals surface area contributed by atoms with E-state index in [-0.39, 0.29) is 11.8 Å². The van der Waals surface area contributed by atoms with Gasteiger partial charge in [-0.3, -0.25) is 4.79 Å². The minimum Gasteiger partial charge on any atom is -0.353 e. The van der Waals surface area contributed by atoms with Crippen molar-refractivity contribution < 1.29 is 4.79 Å². The Labute approximate surface area is 190 Å². The van der Waals surface area contributed by atoms with E-state index in [1.807, 2.05) is 43.3 Å². The lowest BCUT2D eigenvalue weighted by Crippen LogP contribution is -2.50. The summed E-state index contributed by atoms with van der Waals surface area (Å²) in [5.74, 6) is 1.65. The molecule has 1 aliphatic carbocycles. The number of carbonyl (C=O) groups is 1. The van der Waals surface area contributed by atoms with Gasteiger partial charge in [-0.15, -0.1) is 0 Å². The number of nitrogens with zero attached hydrogens (tertiary/aromatic N) is 5. The Hall–Kier alpha value is -2.18. The van der Waals surface area contributed by atoms with Gasteiger partial charge in [0.1, 0.15) is 12.1 Å². The fraction of sp³-hybridized carbons (Fsp3) is 0.542. The predicted molar refractivity (Wildman–Crippen MR) is 125 cm³/mol. The van der Waals surface area contributed by atoms with Crippen molar-refractivity contribution >= 4 is 23.3 Å². The van der Waals surface area contributed by atoms with Crippen LogP contribution in [-0.4, -0.2) is 72.5 Å². The van der Waals surface area contributed by atoms with Crippen molar-refractivity contribution in [3.05, 3.63) is 52.4 Å².